The third-order valence-corrected chi connectivity index (χ3v) is 5.66. The Bertz CT molecular complexity index is 778. The van der Waals surface area contributed by atoms with E-state index >= 15 is 0 Å². The number of para-hydroxylation sites is 1. The van der Waals surface area contributed by atoms with E-state index < -0.39 is 0 Å². The van der Waals surface area contributed by atoms with Crippen LogP contribution in [-0.2, 0) is 17.8 Å². The first-order valence-electron chi connectivity index (χ1n) is 9.12. The number of hydrogen-bond acceptors (Lipinski definition) is 2. The number of carbonyl (C=O) groups is 1. The number of nitrogens with one attached hydrogen (secondary N) is 1. The maximum Gasteiger partial charge on any atom is 0.228 e. The van der Waals surface area contributed by atoms with E-state index in [2.05, 4.69) is 23.2 Å². The lowest BCUT2D eigenvalue weighted by Crippen LogP contribution is -2.40. The highest BCUT2D eigenvalue weighted by Crippen LogP contribution is 2.25. The predicted octanol–water partition coefficient (Wildman–Crippen LogP) is 5.41. The predicted molar refractivity (Wildman–Crippen MR) is 109 cm³/mol. The second-order valence-electron chi connectivity index (χ2n) is 6.82. The summed E-state index contributed by atoms with van der Waals surface area (Å²) in [6.07, 6.45) is 2.86. The van der Waals surface area contributed by atoms with Crippen molar-refractivity contribution in [1.82, 2.24) is 4.90 Å². The summed E-state index contributed by atoms with van der Waals surface area (Å²) in [7, 11) is 0. The number of anilines is 1. The summed E-state index contributed by atoms with van der Waals surface area (Å²) in [5, 5.41) is 4.27. The molecule has 1 unspecified atom stereocenters. The van der Waals surface area contributed by atoms with Crippen molar-refractivity contribution in [2.75, 3.05) is 18.4 Å². The van der Waals surface area contributed by atoms with E-state index in [1.165, 1.54) is 5.56 Å². The molecule has 0 spiro atoms. The van der Waals surface area contributed by atoms with Crippen molar-refractivity contribution in [2.24, 2.45) is 5.92 Å². The lowest BCUT2D eigenvalue weighted by molar-refractivity contribution is -0.121. The van der Waals surface area contributed by atoms with Crippen LogP contribution < -0.4 is 5.32 Å². The van der Waals surface area contributed by atoms with Crippen LogP contribution >= 0.6 is 23.2 Å². The summed E-state index contributed by atoms with van der Waals surface area (Å²) >= 11 is 12.1. The van der Waals surface area contributed by atoms with Crippen LogP contribution in [0.4, 0.5) is 5.69 Å². The molecule has 138 valence electrons. The summed E-state index contributed by atoms with van der Waals surface area (Å²) < 4.78 is 0. The Hall–Kier alpha value is -1.55. The van der Waals surface area contributed by atoms with Crippen LogP contribution in [-0.4, -0.2) is 23.9 Å². The first-order valence-corrected chi connectivity index (χ1v) is 9.87. The molecular formula is C21H24Cl2N2O. The molecule has 1 heterocycles. The van der Waals surface area contributed by atoms with E-state index in [9.17, 15) is 4.79 Å². The molecule has 3 rings (SSSR count). The van der Waals surface area contributed by atoms with Gasteiger partial charge in [-0.1, -0.05) is 54.4 Å². The number of likely N-dealkylation sites (tertiary alicyclic amines) is 1. The third-order valence-electron chi connectivity index (χ3n) is 4.92. The average molecular weight is 391 g/mol. The van der Waals surface area contributed by atoms with Crippen LogP contribution in [0.5, 0.6) is 0 Å². The lowest BCUT2D eigenvalue weighted by Gasteiger charge is -2.32. The maximum atomic E-state index is 12.8. The molecule has 0 aliphatic carbocycles. The number of benzene rings is 2. The van der Waals surface area contributed by atoms with Gasteiger partial charge < -0.3 is 5.32 Å². The van der Waals surface area contributed by atoms with Crippen LogP contribution in [0, 0.1) is 5.92 Å². The molecule has 0 aromatic heterocycles. The van der Waals surface area contributed by atoms with E-state index in [0.717, 1.165) is 50.1 Å². The molecule has 5 heteroatoms. The van der Waals surface area contributed by atoms with Crippen molar-refractivity contribution >= 4 is 34.8 Å². The highest BCUT2D eigenvalue weighted by Gasteiger charge is 2.26. The number of amides is 1. The number of rotatable bonds is 5. The van der Waals surface area contributed by atoms with E-state index in [4.69, 9.17) is 23.2 Å². The number of nitrogens with zero attached hydrogens (tertiary/aromatic N) is 1. The highest BCUT2D eigenvalue weighted by molar-refractivity contribution is 6.42. The van der Waals surface area contributed by atoms with Gasteiger partial charge >= 0.3 is 0 Å². The molecule has 3 nitrogen and oxygen atoms in total. The Balaban J connectivity index is 1.62. The third kappa shape index (κ3) is 4.79. The van der Waals surface area contributed by atoms with E-state index in [0.29, 0.717) is 10.0 Å². The molecule has 1 aliphatic heterocycles. The summed E-state index contributed by atoms with van der Waals surface area (Å²) in [5.41, 5.74) is 3.22. The Morgan fingerprint density at radius 2 is 2.00 bits per heavy atom. The molecule has 0 bridgehead atoms. The second kappa shape index (κ2) is 8.90. The van der Waals surface area contributed by atoms with Crippen LogP contribution in [0.1, 0.15) is 30.9 Å². The summed E-state index contributed by atoms with van der Waals surface area (Å²) in [4.78, 5) is 15.1. The Morgan fingerprint density at radius 3 is 2.77 bits per heavy atom. The number of hydrogen-bond donors (Lipinski definition) is 1. The first-order chi connectivity index (χ1) is 12.6. The minimum atomic E-state index is 0.0106. The van der Waals surface area contributed by atoms with Crippen molar-refractivity contribution in [1.29, 1.82) is 0 Å². The van der Waals surface area contributed by atoms with Gasteiger partial charge in [0.2, 0.25) is 5.91 Å². The fraction of sp³-hybridized carbons (Fsp3) is 0.381. The molecule has 1 saturated heterocycles. The molecule has 0 saturated carbocycles. The van der Waals surface area contributed by atoms with Gasteiger partial charge in [0.25, 0.3) is 0 Å². The smallest absolute Gasteiger partial charge is 0.228 e. The molecule has 2 aromatic carbocycles. The minimum Gasteiger partial charge on any atom is -0.326 e. The SMILES string of the molecule is CCc1ccccc1NC(=O)C1CCCN(Cc2ccc(Cl)c(Cl)c2)C1. The van der Waals surface area contributed by atoms with Gasteiger partial charge in [0, 0.05) is 18.8 Å². The maximum absolute atomic E-state index is 12.8. The molecule has 2 aromatic rings. The van der Waals surface area contributed by atoms with Gasteiger partial charge in [0.05, 0.1) is 16.0 Å². The van der Waals surface area contributed by atoms with E-state index in [-0.39, 0.29) is 11.8 Å². The van der Waals surface area contributed by atoms with Gasteiger partial charge in [0.15, 0.2) is 0 Å². The molecule has 1 amide bonds. The van der Waals surface area contributed by atoms with Crippen molar-refractivity contribution in [3.63, 3.8) is 0 Å². The normalized spacial score (nSPS) is 17.9. The van der Waals surface area contributed by atoms with Gasteiger partial charge in [-0.15, -0.1) is 0 Å². The van der Waals surface area contributed by atoms with Crippen LogP contribution in [0.15, 0.2) is 42.5 Å². The number of aryl methyl sites for hydroxylation is 1. The molecule has 1 N–H and O–H groups in total. The van der Waals surface area contributed by atoms with Crippen molar-refractivity contribution in [2.45, 2.75) is 32.7 Å². The topological polar surface area (TPSA) is 32.3 Å². The standard InChI is InChI=1S/C21H24Cl2N2O/c1-2-16-6-3-4-8-20(16)24-21(26)17-7-5-11-25(14-17)13-15-9-10-18(22)19(23)12-15/h3-4,6,8-10,12,17H,2,5,7,11,13-14H2,1H3,(H,24,26). The summed E-state index contributed by atoms with van der Waals surface area (Å²) in [6, 6.07) is 13.7. The molecule has 0 radical (unpaired) electrons. The minimum absolute atomic E-state index is 0.0106. The quantitative estimate of drug-likeness (QED) is 0.740. The van der Waals surface area contributed by atoms with Gasteiger partial charge in [-0.2, -0.15) is 0 Å². The van der Waals surface area contributed by atoms with Crippen LogP contribution in [0.2, 0.25) is 10.0 Å². The monoisotopic (exact) mass is 390 g/mol. The zero-order valence-corrected chi connectivity index (χ0v) is 16.5. The zero-order valence-electron chi connectivity index (χ0n) is 15.0. The number of carbonyl (C=O) groups excluding carboxylic acids is 1. The molecule has 1 fully saturated rings. The summed E-state index contributed by atoms with van der Waals surface area (Å²) in [5.74, 6) is 0.126. The highest BCUT2D eigenvalue weighted by atomic mass is 35.5. The number of piperidine rings is 1. The van der Waals surface area contributed by atoms with Crippen LogP contribution in [0.3, 0.4) is 0 Å². The van der Waals surface area contributed by atoms with Gasteiger partial charge in [-0.05, 0) is 55.1 Å². The fourth-order valence-electron chi connectivity index (χ4n) is 3.49. The largest absolute Gasteiger partial charge is 0.326 e. The second-order valence-corrected chi connectivity index (χ2v) is 7.64. The Kier molecular flexibility index (Phi) is 6.58. The molecule has 26 heavy (non-hydrogen) atoms. The Labute approximate surface area is 165 Å². The molecular weight excluding hydrogens is 367 g/mol. The zero-order chi connectivity index (χ0) is 18.5. The summed E-state index contributed by atoms with van der Waals surface area (Å²) in [6.45, 7) is 4.65. The number of halogens is 2. The van der Waals surface area contributed by atoms with E-state index in [1.54, 1.807) is 0 Å². The van der Waals surface area contributed by atoms with Gasteiger partial charge in [0.1, 0.15) is 0 Å². The van der Waals surface area contributed by atoms with Crippen molar-refractivity contribution < 1.29 is 4.79 Å². The van der Waals surface area contributed by atoms with Gasteiger partial charge in [-0.3, -0.25) is 9.69 Å². The van der Waals surface area contributed by atoms with E-state index in [1.807, 2.05) is 36.4 Å². The Morgan fingerprint density at radius 1 is 1.19 bits per heavy atom. The molecule has 1 aliphatic rings. The van der Waals surface area contributed by atoms with Gasteiger partial charge in [-0.25, -0.2) is 0 Å². The molecule has 1 atom stereocenters. The van der Waals surface area contributed by atoms with Crippen molar-refractivity contribution in [3.05, 3.63) is 63.6 Å². The average Bonchev–Trinajstić information content (AvgIpc) is 2.65. The first kappa shape index (κ1) is 19.2. The lowest BCUT2D eigenvalue weighted by atomic mass is 9.96. The van der Waals surface area contributed by atoms with Crippen molar-refractivity contribution in [3.8, 4) is 0 Å². The van der Waals surface area contributed by atoms with Crippen LogP contribution in [0.25, 0.3) is 0 Å². The fourth-order valence-corrected chi connectivity index (χ4v) is 3.82.